The van der Waals surface area contributed by atoms with Crippen LogP contribution in [0.4, 0.5) is 11.4 Å². The fourth-order valence-corrected chi connectivity index (χ4v) is 3.71. The quantitative estimate of drug-likeness (QED) is 0.843. The molecule has 1 atom stereocenters. The zero-order chi connectivity index (χ0) is 13.5. The molecule has 0 fully saturated rings. The van der Waals surface area contributed by atoms with Crippen molar-refractivity contribution in [2.24, 2.45) is 0 Å². The van der Waals surface area contributed by atoms with Crippen molar-refractivity contribution in [3.05, 3.63) is 59.2 Å². The van der Waals surface area contributed by atoms with E-state index >= 15 is 0 Å². The largest absolute Gasteiger partial charge is 0.398 e. The van der Waals surface area contributed by atoms with Crippen molar-refractivity contribution < 1.29 is 0 Å². The number of anilines is 2. The topological polar surface area (TPSA) is 29.3 Å². The van der Waals surface area contributed by atoms with Crippen LogP contribution in [0, 0.1) is 0 Å². The molecule has 2 aromatic rings. The van der Waals surface area contributed by atoms with E-state index in [9.17, 15) is 0 Å². The van der Waals surface area contributed by atoms with Crippen molar-refractivity contribution in [1.29, 1.82) is 0 Å². The highest BCUT2D eigenvalue weighted by atomic mass is 15.1. The summed E-state index contributed by atoms with van der Waals surface area (Å²) in [7, 11) is 0. The van der Waals surface area contributed by atoms with Crippen LogP contribution in [0.1, 0.15) is 29.0 Å². The molecule has 0 aromatic heterocycles. The van der Waals surface area contributed by atoms with Gasteiger partial charge in [-0.3, -0.25) is 0 Å². The van der Waals surface area contributed by atoms with Gasteiger partial charge in [-0.15, -0.1) is 0 Å². The monoisotopic (exact) mass is 264 g/mol. The molecular weight excluding hydrogens is 244 g/mol. The standard InChI is InChI=1S/C18H20N2/c19-17-8-3-9-18-16(17)7-4-10-20(18)12-14-11-13-5-1-2-6-15(13)14/h1-3,5-6,8-9,14H,4,7,10-12,19H2. The minimum Gasteiger partial charge on any atom is -0.398 e. The van der Waals surface area contributed by atoms with Gasteiger partial charge in [-0.1, -0.05) is 30.3 Å². The van der Waals surface area contributed by atoms with Crippen LogP contribution >= 0.6 is 0 Å². The fourth-order valence-electron chi connectivity index (χ4n) is 3.71. The molecule has 1 heterocycles. The minimum absolute atomic E-state index is 0.693. The van der Waals surface area contributed by atoms with Gasteiger partial charge in [0.2, 0.25) is 0 Å². The van der Waals surface area contributed by atoms with E-state index in [0.29, 0.717) is 5.92 Å². The molecule has 0 radical (unpaired) electrons. The van der Waals surface area contributed by atoms with Gasteiger partial charge in [0, 0.05) is 30.4 Å². The van der Waals surface area contributed by atoms with Crippen molar-refractivity contribution in [3.8, 4) is 0 Å². The maximum absolute atomic E-state index is 6.13. The lowest BCUT2D eigenvalue weighted by Gasteiger charge is -2.39. The number of hydrogen-bond donors (Lipinski definition) is 1. The molecule has 4 rings (SSSR count). The Morgan fingerprint density at radius 3 is 2.90 bits per heavy atom. The lowest BCUT2D eigenvalue weighted by molar-refractivity contribution is 0.564. The molecule has 2 N–H and O–H groups in total. The lowest BCUT2D eigenvalue weighted by Crippen LogP contribution is -2.36. The Morgan fingerprint density at radius 1 is 1.10 bits per heavy atom. The number of hydrogen-bond acceptors (Lipinski definition) is 2. The maximum Gasteiger partial charge on any atom is 0.0419 e. The van der Waals surface area contributed by atoms with E-state index in [1.54, 1.807) is 5.56 Å². The maximum atomic E-state index is 6.13. The number of rotatable bonds is 2. The SMILES string of the molecule is Nc1cccc2c1CCCN2CC1Cc2ccccc21. The molecule has 20 heavy (non-hydrogen) atoms. The highest BCUT2D eigenvalue weighted by Crippen LogP contribution is 2.38. The van der Waals surface area contributed by atoms with Gasteiger partial charge in [0.05, 0.1) is 0 Å². The fraction of sp³-hybridized carbons (Fsp3) is 0.333. The van der Waals surface area contributed by atoms with Gasteiger partial charge in [0.15, 0.2) is 0 Å². The van der Waals surface area contributed by atoms with Crippen molar-refractivity contribution in [2.45, 2.75) is 25.2 Å². The second kappa shape index (κ2) is 4.55. The van der Waals surface area contributed by atoms with E-state index in [4.69, 9.17) is 5.73 Å². The molecule has 0 saturated carbocycles. The van der Waals surface area contributed by atoms with E-state index < -0.39 is 0 Å². The van der Waals surface area contributed by atoms with Crippen LogP contribution in [-0.2, 0) is 12.8 Å². The Bertz CT molecular complexity index is 648. The zero-order valence-electron chi connectivity index (χ0n) is 11.7. The number of nitrogens with zero attached hydrogens (tertiary/aromatic N) is 1. The van der Waals surface area contributed by atoms with Crippen LogP contribution < -0.4 is 10.6 Å². The highest BCUT2D eigenvalue weighted by Gasteiger charge is 2.29. The van der Waals surface area contributed by atoms with Gasteiger partial charge in [0.1, 0.15) is 0 Å². The summed E-state index contributed by atoms with van der Waals surface area (Å²) in [5.41, 5.74) is 12.9. The van der Waals surface area contributed by atoms with E-state index in [2.05, 4.69) is 41.3 Å². The van der Waals surface area contributed by atoms with Crippen LogP contribution in [0.5, 0.6) is 0 Å². The molecule has 0 amide bonds. The van der Waals surface area contributed by atoms with Gasteiger partial charge >= 0.3 is 0 Å². The normalized spacial score (nSPS) is 20.0. The lowest BCUT2D eigenvalue weighted by atomic mass is 9.77. The summed E-state index contributed by atoms with van der Waals surface area (Å²) in [5.74, 6) is 0.693. The summed E-state index contributed by atoms with van der Waals surface area (Å²) in [6.45, 7) is 2.29. The first-order valence-corrected chi connectivity index (χ1v) is 7.53. The minimum atomic E-state index is 0.693. The molecule has 0 saturated heterocycles. The molecule has 2 heteroatoms. The molecule has 0 spiro atoms. The van der Waals surface area contributed by atoms with Crippen molar-refractivity contribution in [1.82, 2.24) is 0 Å². The molecule has 1 aliphatic carbocycles. The highest BCUT2D eigenvalue weighted by molar-refractivity contribution is 5.66. The Morgan fingerprint density at radius 2 is 2.00 bits per heavy atom. The summed E-state index contributed by atoms with van der Waals surface area (Å²) < 4.78 is 0. The second-order valence-corrected chi connectivity index (χ2v) is 5.99. The average Bonchev–Trinajstić information content (AvgIpc) is 2.46. The summed E-state index contributed by atoms with van der Waals surface area (Å²) in [5, 5.41) is 0. The Hall–Kier alpha value is -1.96. The van der Waals surface area contributed by atoms with E-state index in [1.807, 2.05) is 6.07 Å². The van der Waals surface area contributed by atoms with Crippen LogP contribution in [0.3, 0.4) is 0 Å². The smallest absolute Gasteiger partial charge is 0.0419 e. The zero-order valence-corrected chi connectivity index (χ0v) is 11.7. The molecular formula is C18H20N2. The summed E-state index contributed by atoms with van der Waals surface area (Å²) in [4.78, 5) is 2.54. The van der Waals surface area contributed by atoms with E-state index in [1.165, 1.54) is 29.7 Å². The molecule has 102 valence electrons. The van der Waals surface area contributed by atoms with Crippen molar-refractivity contribution in [2.75, 3.05) is 23.7 Å². The first kappa shape index (κ1) is 11.8. The Labute approximate surface area is 120 Å². The van der Waals surface area contributed by atoms with Crippen LogP contribution in [0.25, 0.3) is 0 Å². The predicted octanol–water partition coefficient (Wildman–Crippen LogP) is 3.36. The first-order valence-electron chi connectivity index (χ1n) is 7.53. The third-order valence-electron chi connectivity index (χ3n) is 4.79. The average molecular weight is 264 g/mol. The summed E-state index contributed by atoms with van der Waals surface area (Å²) >= 11 is 0. The third kappa shape index (κ3) is 1.79. The number of nitrogen functional groups attached to an aromatic ring is 1. The summed E-state index contributed by atoms with van der Waals surface area (Å²) in [6.07, 6.45) is 3.57. The van der Waals surface area contributed by atoms with Crippen molar-refractivity contribution >= 4 is 11.4 Å². The molecule has 2 aliphatic rings. The van der Waals surface area contributed by atoms with Gasteiger partial charge < -0.3 is 10.6 Å². The second-order valence-electron chi connectivity index (χ2n) is 5.99. The number of fused-ring (bicyclic) bond motifs is 2. The summed E-state index contributed by atoms with van der Waals surface area (Å²) in [6, 6.07) is 15.2. The molecule has 0 bridgehead atoms. The predicted molar refractivity (Wildman–Crippen MR) is 84.3 cm³/mol. The van der Waals surface area contributed by atoms with Crippen LogP contribution in [0.2, 0.25) is 0 Å². The van der Waals surface area contributed by atoms with Crippen LogP contribution in [0.15, 0.2) is 42.5 Å². The third-order valence-corrected chi connectivity index (χ3v) is 4.79. The molecule has 2 nitrogen and oxygen atoms in total. The van der Waals surface area contributed by atoms with Gasteiger partial charge in [-0.2, -0.15) is 0 Å². The number of benzene rings is 2. The molecule has 2 aromatic carbocycles. The van der Waals surface area contributed by atoms with Crippen LogP contribution in [-0.4, -0.2) is 13.1 Å². The van der Waals surface area contributed by atoms with E-state index in [0.717, 1.165) is 25.2 Å². The van der Waals surface area contributed by atoms with E-state index in [-0.39, 0.29) is 0 Å². The molecule has 1 aliphatic heterocycles. The number of nitrogens with two attached hydrogens (primary N) is 1. The van der Waals surface area contributed by atoms with Gasteiger partial charge in [0.25, 0.3) is 0 Å². The van der Waals surface area contributed by atoms with Gasteiger partial charge in [-0.05, 0) is 48.1 Å². The van der Waals surface area contributed by atoms with Gasteiger partial charge in [-0.25, -0.2) is 0 Å². The first-order chi connectivity index (χ1) is 9.83. The van der Waals surface area contributed by atoms with Crippen molar-refractivity contribution in [3.63, 3.8) is 0 Å². The Kier molecular flexibility index (Phi) is 2.69. The Balaban J connectivity index is 1.59. The molecule has 1 unspecified atom stereocenters.